The second-order valence-corrected chi connectivity index (χ2v) is 7.78. The van der Waals surface area contributed by atoms with Crippen molar-refractivity contribution in [2.24, 2.45) is 0 Å². The van der Waals surface area contributed by atoms with E-state index in [0.717, 1.165) is 23.3 Å². The van der Waals surface area contributed by atoms with Gasteiger partial charge in [-0.05, 0) is 54.4 Å². The number of hydrogen-bond acceptors (Lipinski definition) is 1. The van der Waals surface area contributed by atoms with E-state index in [2.05, 4.69) is 5.32 Å². The standard InChI is InChI=1S/C23H19Cl2F3N2O/c1-15(17-5-3-2-4-6-17)30(14-16-7-12-20(24)21(25)13-16)22(31)29-19-10-8-18(9-11-19)23(26,27)28/h2-13,15H,14H2,1H3,(H,29,31). The molecular formula is C23H19Cl2F3N2O. The number of anilines is 1. The predicted octanol–water partition coefficient (Wildman–Crippen LogP) is 7.81. The Labute approximate surface area is 188 Å². The number of benzene rings is 3. The number of urea groups is 1. The molecule has 0 radical (unpaired) electrons. The van der Waals surface area contributed by atoms with Crippen LogP contribution in [0.25, 0.3) is 0 Å². The smallest absolute Gasteiger partial charge is 0.313 e. The maximum Gasteiger partial charge on any atom is 0.416 e. The summed E-state index contributed by atoms with van der Waals surface area (Å²) in [6.45, 7) is 2.10. The molecule has 3 rings (SSSR count). The molecule has 8 heteroatoms. The van der Waals surface area contributed by atoms with Crippen molar-refractivity contribution in [1.82, 2.24) is 4.90 Å². The van der Waals surface area contributed by atoms with Crippen LogP contribution in [0.1, 0.15) is 29.7 Å². The van der Waals surface area contributed by atoms with E-state index in [1.807, 2.05) is 37.3 Å². The third-order valence-electron chi connectivity index (χ3n) is 4.81. The molecule has 0 aliphatic carbocycles. The van der Waals surface area contributed by atoms with Crippen molar-refractivity contribution in [3.8, 4) is 0 Å². The van der Waals surface area contributed by atoms with Gasteiger partial charge < -0.3 is 10.2 Å². The topological polar surface area (TPSA) is 32.3 Å². The first kappa shape index (κ1) is 23.0. The summed E-state index contributed by atoms with van der Waals surface area (Å²) >= 11 is 12.1. The summed E-state index contributed by atoms with van der Waals surface area (Å²) in [5.74, 6) is 0. The van der Waals surface area contributed by atoms with Crippen LogP contribution in [-0.2, 0) is 12.7 Å². The fourth-order valence-electron chi connectivity index (χ4n) is 3.07. The fourth-order valence-corrected chi connectivity index (χ4v) is 3.39. The average molecular weight is 467 g/mol. The molecule has 0 aromatic heterocycles. The normalized spacial score (nSPS) is 12.3. The van der Waals surface area contributed by atoms with E-state index < -0.39 is 17.8 Å². The molecule has 3 nitrogen and oxygen atoms in total. The quantitative estimate of drug-likeness (QED) is 0.408. The van der Waals surface area contributed by atoms with Gasteiger partial charge in [-0.1, -0.05) is 59.6 Å². The van der Waals surface area contributed by atoms with Crippen molar-refractivity contribution >= 4 is 34.9 Å². The Morgan fingerprint density at radius 3 is 2.19 bits per heavy atom. The second-order valence-electron chi connectivity index (χ2n) is 6.97. The van der Waals surface area contributed by atoms with Crippen LogP contribution in [0.15, 0.2) is 72.8 Å². The van der Waals surface area contributed by atoms with Crippen molar-refractivity contribution in [3.63, 3.8) is 0 Å². The van der Waals surface area contributed by atoms with Crippen molar-refractivity contribution in [3.05, 3.63) is 99.5 Å². The highest BCUT2D eigenvalue weighted by Gasteiger charge is 2.30. The molecule has 0 heterocycles. The van der Waals surface area contributed by atoms with E-state index in [1.54, 1.807) is 23.1 Å². The summed E-state index contributed by atoms with van der Waals surface area (Å²) in [5.41, 5.74) is 1.15. The lowest BCUT2D eigenvalue weighted by atomic mass is 10.1. The van der Waals surface area contributed by atoms with Crippen LogP contribution in [0.2, 0.25) is 10.0 Å². The van der Waals surface area contributed by atoms with Gasteiger partial charge in [-0.25, -0.2) is 4.79 Å². The van der Waals surface area contributed by atoms with Crippen molar-refractivity contribution in [2.45, 2.75) is 25.7 Å². The van der Waals surface area contributed by atoms with Crippen LogP contribution < -0.4 is 5.32 Å². The summed E-state index contributed by atoms with van der Waals surface area (Å²) in [4.78, 5) is 14.7. The molecule has 0 bridgehead atoms. The van der Waals surface area contributed by atoms with Crippen LogP contribution in [-0.4, -0.2) is 10.9 Å². The van der Waals surface area contributed by atoms with Gasteiger partial charge in [0.25, 0.3) is 0 Å². The molecule has 0 aliphatic rings. The number of alkyl halides is 3. The molecule has 0 saturated carbocycles. The molecule has 1 atom stereocenters. The van der Waals surface area contributed by atoms with Crippen LogP contribution >= 0.6 is 23.2 Å². The third kappa shape index (κ3) is 5.93. The number of rotatable bonds is 5. The average Bonchev–Trinajstić information content (AvgIpc) is 2.74. The fraction of sp³-hybridized carbons (Fsp3) is 0.174. The van der Waals surface area contributed by atoms with Gasteiger partial charge in [-0.15, -0.1) is 0 Å². The van der Waals surface area contributed by atoms with E-state index >= 15 is 0 Å². The summed E-state index contributed by atoms with van der Waals surface area (Å²) in [7, 11) is 0. The summed E-state index contributed by atoms with van der Waals surface area (Å²) in [6.07, 6.45) is -4.44. The monoisotopic (exact) mass is 466 g/mol. The predicted molar refractivity (Wildman–Crippen MR) is 117 cm³/mol. The Morgan fingerprint density at radius 1 is 0.968 bits per heavy atom. The highest BCUT2D eigenvalue weighted by molar-refractivity contribution is 6.42. The maximum absolute atomic E-state index is 13.1. The molecule has 162 valence electrons. The molecule has 3 aromatic rings. The zero-order valence-corrected chi connectivity index (χ0v) is 18.0. The van der Waals surface area contributed by atoms with Crippen LogP contribution in [0.4, 0.5) is 23.7 Å². The maximum atomic E-state index is 13.1. The minimum Gasteiger partial charge on any atom is -0.313 e. The molecule has 0 spiro atoms. The van der Waals surface area contributed by atoms with Crippen LogP contribution in [0.5, 0.6) is 0 Å². The van der Waals surface area contributed by atoms with Crippen molar-refractivity contribution < 1.29 is 18.0 Å². The molecule has 0 aliphatic heterocycles. The molecular weight excluding hydrogens is 448 g/mol. The Morgan fingerprint density at radius 2 is 1.61 bits per heavy atom. The highest BCUT2D eigenvalue weighted by atomic mass is 35.5. The van der Waals surface area contributed by atoms with Crippen molar-refractivity contribution in [1.29, 1.82) is 0 Å². The molecule has 0 saturated heterocycles. The second kappa shape index (κ2) is 9.62. The first-order chi connectivity index (χ1) is 14.6. The number of nitrogens with zero attached hydrogens (tertiary/aromatic N) is 1. The number of hydrogen-bond donors (Lipinski definition) is 1. The van der Waals surface area contributed by atoms with Crippen LogP contribution in [0.3, 0.4) is 0 Å². The van der Waals surface area contributed by atoms with E-state index in [-0.39, 0.29) is 18.3 Å². The van der Waals surface area contributed by atoms with E-state index in [0.29, 0.717) is 10.0 Å². The molecule has 31 heavy (non-hydrogen) atoms. The van der Waals surface area contributed by atoms with Gasteiger partial charge >= 0.3 is 12.2 Å². The lowest BCUT2D eigenvalue weighted by Gasteiger charge is -2.30. The molecule has 0 fully saturated rings. The zero-order valence-electron chi connectivity index (χ0n) is 16.5. The summed E-state index contributed by atoms with van der Waals surface area (Å²) in [6, 6.07) is 18.1. The largest absolute Gasteiger partial charge is 0.416 e. The first-order valence-corrected chi connectivity index (χ1v) is 10.1. The molecule has 1 N–H and O–H groups in total. The van der Waals surface area contributed by atoms with Gasteiger partial charge in [-0.3, -0.25) is 0 Å². The zero-order chi connectivity index (χ0) is 22.6. The number of nitrogens with one attached hydrogen (secondary N) is 1. The Bertz CT molecular complexity index is 1040. The Hall–Kier alpha value is -2.70. The van der Waals surface area contributed by atoms with Gasteiger partial charge in [0.2, 0.25) is 0 Å². The molecule has 2 amide bonds. The minimum atomic E-state index is -4.44. The van der Waals surface area contributed by atoms with Gasteiger partial charge in [0, 0.05) is 12.2 Å². The third-order valence-corrected chi connectivity index (χ3v) is 5.55. The van der Waals surface area contributed by atoms with Gasteiger partial charge in [0.1, 0.15) is 0 Å². The lowest BCUT2D eigenvalue weighted by molar-refractivity contribution is -0.137. The van der Waals surface area contributed by atoms with Gasteiger partial charge in [-0.2, -0.15) is 13.2 Å². The molecule has 3 aromatic carbocycles. The molecule has 1 unspecified atom stereocenters. The van der Waals surface area contributed by atoms with Gasteiger partial charge in [0.15, 0.2) is 0 Å². The van der Waals surface area contributed by atoms with E-state index in [1.165, 1.54) is 12.1 Å². The highest BCUT2D eigenvalue weighted by Crippen LogP contribution is 2.31. The number of amides is 2. The Balaban J connectivity index is 1.85. The number of halogens is 5. The number of carbonyl (C=O) groups is 1. The summed E-state index contributed by atoms with van der Waals surface area (Å²) < 4.78 is 38.4. The summed E-state index contributed by atoms with van der Waals surface area (Å²) in [5, 5.41) is 3.45. The minimum absolute atomic E-state index is 0.222. The van der Waals surface area contributed by atoms with Crippen molar-refractivity contribution in [2.75, 3.05) is 5.32 Å². The van der Waals surface area contributed by atoms with E-state index in [4.69, 9.17) is 23.2 Å². The van der Waals surface area contributed by atoms with E-state index in [9.17, 15) is 18.0 Å². The Kier molecular flexibility index (Phi) is 7.13. The number of carbonyl (C=O) groups excluding carboxylic acids is 1. The lowest BCUT2D eigenvalue weighted by Crippen LogP contribution is -2.36. The van der Waals surface area contributed by atoms with Crippen LogP contribution in [0, 0.1) is 0 Å². The SMILES string of the molecule is CC(c1ccccc1)N(Cc1ccc(Cl)c(Cl)c1)C(=O)Nc1ccc(C(F)(F)F)cc1. The first-order valence-electron chi connectivity index (χ1n) is 9.39. The van der Waals surface area contributed by atoms with Gasteiger partial charge in [0.05, 0.1) is 21.7 Å².